The number of nitrogens with one attached hydrogen (secondary N) is 3. The van der Waals surface area contributed by atoms with Gasteiger partial charge >= 0.3 is 6.03 Å². The number of imide groups is 1. The summed E-state index contributed by atoms with van der Waals surface area (Å²) in [5, 5.41) is 12.3. The number of amides is 3. The van der Waals surface area contributed by atoms with Gasteiger partial charge in [-0.1, -0.05) is 0 Å². The zero-order chi connectivity index (χ0) is 23.2. The number of hydrogen-bond donors (Lipinski definition) is 3. The molecule has 1 saturated heterocycles. The lowest BCUT2D eigenvalue weighted by Crippen LogP contribution is -2.48. The Morgan fingerprint density at radius 3 is 2.76 bits per heavy atom. The minimum atomic E-state index is -0.619. The van der Waals surface area contributed by atoms with E-state index in [2.05, 4.69) is 31.0 Å². The number of ether oxygens (including phenoxy) is 1. The minimum absolute atomic E-state index is 0.182. The standard InChI is InChI=1S/C22H26N8O3/c1-15-19(33-17-5-6-24-18(11-17)16-12-25-29(2)13-16)3-4-20(26-15)27-22(32)28-21(31)14-30-9-7-23-8-10-30/h3-6,11-13,23H,7-10,14H2,1-2H3,(H2,26,27,28,31,32). The molecule has 0 aromatic carbocycles. The second-order valence-corrected chi connectivity index (χ2v) is 7.69. The van der Waals surface area contributed by atoms with E-state index in [9.17, 15) is 9.59 Å². The van der Waals surface area contributed by atoms with Gasteiger partial charge in [0.05, 0.1) is 24.1 Å². The molecule has 11 heteroatoms. The Labute approximate surface area is 191 Å². The molecule has 1 aliphatic rings. The van der Waals surface area contributed by atoms with Crippen molar-refractivity contribution < 1.29 is 14.3 Å². The highest BCUT2D eigenvalue weighted by atomic mass is 16.5. The van der Waals surface area contributed by atoms with Crippen LogP contribution in [-0.2, 0) is 11.8 Å². The summed E-state index contributed by atoms with van der Waals surface area (Å²) < 4.78 is 7.67. The van der Waals surface area contributed by atoms with Gasteiger partial charge in [-0.05, 0) is 25.1 Å². The first kappa shape index (κ1) is 22.4. The fraction of sp³-hybridized carbons (Fsp3) is 0.318. The molecule has 0 unspecified atom stereocenters. The molecule has 0 bridgehead atoms. The van der Waals surface area contributed by atoms with Crippen molar-refractivity contribution in [2.24, 2.45) is 7.05 Å². The third-order valence-corrected chi connectivity index (χ3v) is 5.07. The predicted molar refractivity (Wildman–Crippen MR) is 122 cm³/mol. The van der Waals surface area contributed by atoms with E-state index < -0.39 is 6.03 Å². The lowest BCUT2D eigenvalue weighted by molar-refractivity contribution is -0.121. The average molecular weight is 451 g/mol. The Kier molecular flexibility index (Phi) is 6.91. The van der Waals surface area contributed by atoms with E-state index >= 15 is 0 Å². The van der Waals surface area contributed by atoms with Crippen molar-refractivity contribution in [1.82, 2.24) is 35.3 Å². The molecule has 4 heterocycles. The molecule has 11 nitrogen and oxygen atoms in total. The summed E-state index contributed by atoms with van der Waals surface area (Å²) in [6.07, 6.45) is 5.27. The number of nitrogens with zero attached hydrogens (tertiary/aromatic N) is 5. The summed E-state index contributed by atoms with van der Waals surface area (Å²) in [6.45, 7) is 5.18. The third kappa shape index (κ3) is 6.11. The summed E-state index contributed by atoms with van der Waals surface area (Å²) >= 11 is 0. The van der Waals surface area contributed by atoms with Crippen LogP contribution >= 0.6 is 0 Å². The molecule has 0 atom stereocenters. The van der Waals surface area contributed by atoms with E-state index in [0.717, 1.165) is 37.4 Å². The van der Waals surface area contributed by atoms with Gasteiger partial charge in [-0.15, -0.1) is 0 Å². The van der Waals surface area contributed by atoms with Gasteiger partial charge in [0.25, 0.3) is 0 Å². The number of pyridine rings is 2. The van der Waals surface area contributed by atoms with Gasteiger partial charge in [0, 0.05) is 57.3 Å². The number of anilines is 1. The smallest absolute Gasteiger partial charge is 0.327 e. The monoisotopic (exact) mass is 450 g/mol. The highest BCUT2D eigenvalue weighted by molar-refractivity contribution is 6.01. The maximum absolute atomic E-state index is 12.2. The van der Waals surface area contributed by atoms with Crippen LogP contribution in [0.4, 0.5) is 10.6 Å². The molecule has 4 rings (SSSR count). The van der Waals surface area contributed by atoms with Gasteiger partial charge in [-0.3, -0.25) is 30.0 Å². The van der Waals surface area contributed by atoms with Crippen LogP contribution in [0.2, 0.25) is 0 Å². The Bertz CT molecular complexity index is 1140. The molecule has 0 saturated carbocycles. The maximum atomic E-state index is 12.2. The molecule has 0 spiro atoms. The number of piperazine rings is 1. The molecule has 3 amide bonds. The number of aryl methyl sites for hydroxylation is 2. The van der Waals surface area contributed by atoms with Crippen LogP contribution in [0.1, 0.15) is 5.69 Å². The lowest BCUT2D eigenvalue weighted by atomic mass is 10.2. The molecule has 1 aliphatic heterocycles. The van der Waals surface area contributed by atoms with Crippen molar-refractivity contribution in [1.29, 1.82) is 0 Å². The summed E-state index contributed by atoms with van der Waals surface area (Å²) in [7, 11) is 1.84. The van der Waals surface area contributed by atoms with Crippen molar-refractivity contribution in [3.8, 4) is 22.8 Å². The fourth-order valence-electron chi connectivity index (χ4n) is 3.42. The first-order valence-corrected chi connectivity index (χ1v) is 10.6. The fourth-order valence-corrected chi connectivity index (χ4v) is 3.42. The average Bonchev–Trinajstić information content (AvgIpc) is 3.23. The Morgan fingerprint density at radius 1 is 1.21 bits per heavy atom. The molecule has 0 aliphatic carbocycles. The van der Waals surface area contributed by atoms with Gasteiger partial charge in [0.15, 0.2) is 0 Å². The quantitative estimate of drug-likeness (QED) is 0.516. The summed E-state index contributed by atoms with van der Waals surface area (Å²) in [4.78, 5) is 35.0. The number of aromatic nitrogens is 4. The predicted octanol–water partition coefficient (Wildman–Crippen LogP) is 1.53. The van der Waals surface area contributed by atoms with Crippen LogP contribution in [0.15, 0.2) is 42.9 Å². The zero-order valence-corrected chi connectivity index (χ0v) is 18.5. The zero-order valence-electron chi connectivity index (χ0n) is 18.5. The van der Waals surface area contributed by atoms with Crippen LogP contribution in [-0.4, -0.2) is 69.3 Å². The van der Waals surface area contributed by atoms with E-state index in [0.29, 0.717) is 23.0 Å². The van der Waals surface area contributed by atoms with Gasteiger partial charge in [-0.2, -0.15) is 5.10 Å². The van der Waals surface area contributed by atoms with Crippen molar-refractivity contribution >= 4 is 17.8 Å². The van der Waals surface area contributed by atoms with Gasteiger partial charge in [0.1, 0.15) is 17.3 Å². The van der Waals surface area contributed by atoms with Crippen molar-refractivity contribution in [2.45, 2.75) is 6.92 Å². The van der Waals surface area contributed by atoms with Crippen LogP contribution in [0.3, 0.4) is 0 Å². The number of rotatable bonds is 6. The van der Waals surface area contributed by atoms with Gasteiger partial charge < -0.3 is 10.1 Å². The Morgan fingerprint density at radius 2 is 2.03 bits per heavy atom. The van der Waals surface area contributed by atoms with Gasteiger partial charge in [0.2, 0.25) is 5.91 Å². The summed E-state index contributed by atoms with van der Waals surface area (Å²) in [6, 6.07) is 6.28. The maximum Gasteiger partial charge on any atom is 0.327 e. The lowest BCUT2D eigenvalue weighted by Gasteiger charge is -2.26. The first-order chi connectivity index (χ1) is 16.0. The first-order valence-electron chi connectivity index (χ1n) is 10.6. The SMILES string of the molecule is Cc1nc(NC(=O)NC(=O)CN2CCNCC2)ccc1Oc1ccnc(-c2cnn(C)c2)c1. The van der Waals surface area contributed by atoms with Crippen LogP contribution in [0.5, 0.6) is 11.5 Å². The van der Waals surface area contributed by atoms with Crippen LogP contribution in [0, 0.1) is 6.92 Å². The second-order valence-electron chi connectivity index (χ2n) is 7.69. The topological polar surface area (TPSA) is 126 Å². The van der Waals surface area contributed by atoms with Crippen molar-refractivity contribution in [3.63, 3.8) is 0 Å². The van der Waals surface area contributed by atoms with E-state index in [1.54, 1.807) is 42.2 Å². The van der Waals surface area contributed by atoms with E-state index in [-0.39, 0.29) is 12.5 Å². The molecule has 1 fully saturated rings. The molecular formula is C22H26N8O3. The van der Waals surface area contributed by atoms with E-state index in [1.807, 2.05) is 24.2 Å². The molecule has 33 heavy (non-hydrogen) atoms. The van der Waals surface area contributed by atoms with Crippen molar-refractivity contribution in [3.05, 3.63) is 48.5 Å². The molecule has 172 valence electrons. The number of urea groups is 1. The Hall–Kier alpha value is -3.83. The van der Waals surface area contributed by atoms with E-state index in [4.69, 9.17) is 4.74 Å². The summed E-state index contributed by atoms with van der Waals surface area (Å²) in [5.41, 5.74) is 2.21. The molecular weight excluding hydrogens is 424 g/mol. The highest BCUT2D eigenvalue weighted by Crippen LogP contribution is 2.27. The minimum Gasteiger partial charge on any atom is -0.455 e. The molecule has 0 radical (unpaired) electrons. The van der Waals surface area contributed by atoms with Crippen LogP contribution in [0.25, 0.3) is 11.3 Å². The number of carbonyl (C=O) groups is 2. The third-order valence-electron chi connectivity index (χ3n) is 5.07. The normalized spacial score (nSPS) is 14.0. The largest absolute Gasteiger partial charge is 0.455 e. The highest BCUT2D eigenvalue weighted by Gasteiger charge is 2.16. The number of carbonyl (C=O) groups excluding carboxylic acids is 2. The van der Waals surface area contributed by atoms with Crippen molar-refractivity contribution in [2.75, 3.05) is 38.0 Å². The molecule has 3 N–H and O–H groups in total. The Balaban J connectivity index is 1.34. The number of hydrogen-bond acceptors (Lipinski definition) is 8. The van der Waals surface area contributed by atoms with E-state index in [1.165, 1.54) is 0 Å². The second kappa shape index (κ2) is 10.2. The van der Waals surface area contributed by atoms with Crippen LogP contribution < -0.4 is 20.7 Å². The summed E-state index contributed by atoms with van der Waals surface area (Å²) in [5.74, 6) is 1.11. The molecule has 3 aromatic heterocycles. The molecule has 3 aromatic rings. The van der Waals surface area contributed by atoms with Gasteiger partial charge in [-0.25, -0.2) is 9.78 Å².